The smallest absolute Gasteiger partial charge is 0.426 e. The van der Waals surface area contributed by atoms with Gasteiger partial charge in [0.2, 0.25) is 0 Å². The summed E-state index contributed by atoms with van der Waals surface area (Å²) in [4.78, 5) is 0. The molecule has 2 aromatic carbocycles. The third kappa shape index (κ3) is 5.09. The Morgan fingerprint density at radius 1 is 1.06 bits per heavy atom. The molecule has 0 aromatic heterocycles. The van der Waals surface area contributed by atoms with Crippen LogP contribution in [-0.2, 0) is 6.11 Å². The van der Waals surface area contributed by atoms with Crippen LogP contribution in [0.3, 0.4) is 0 Å². The standard InChI is InChI=1S/C24H21F6NO/c1-2-3-4-14-9-21(27)23(22(28)10-14)15-5-7-16(8-6-15)24(29,30)32-17-11-19(25)18(13-31)20(26)12-17/h2-3,5-8,11-12,14,21-23H,4,9-10H2,1H3/b3-2-. The Morgan fingerprint density at radius 3 is 2.12 bits per heavy atom. The zero-order chi connectivity index (χ0) is 23.5. The Labute approximate surface area is 182 Å². The molecule has 0 bridgehead atoms. The van der Waals surface area contributed by atoms with Gasteiger partial charge in [0.05, 0.1) is 5.56 Å². The van der Waals surface area contributed by atoms with Gasteiger partial charge in [-0.25, -0.2) is 17.6 Å². The highest BCUT2D eigenvalue weighted by Gasteiger charge is 2.40. The molecule has 1 saturated carbocycles. The molecule has 0 aliphatic heterocycles. The van der Waals surface area contributed by atoms with Crippen molar-refractivity contribution >= 4 is 0 Å². The molecule has 2 nitrogen and oxygen atoms in total. The predicted molar refractivity (Wildman–Crippen MR) is 107 cm³/mol. The first-order valence-electron chi connectivity index (χ1n) is 10.1. The van der Waals surface area contributed by atoms with Gasteiger partial charge in [-0.15, -0.1) is 0 Å². The molecular formula is C24H21F6NO. The molecule has 0 saturated heterocycles. The average molecular weight is 453 g/mol. The molecule has 0 N–H and O–H groups in total. The molecule has 1 fully saturated rings. The molecule has 2 atom stereocenters. The van der Waals surface area contributed by atoms with Crippen molar-refractivity contribution in [3.05, 3.63) is 76.9 Å². The second-order valence-corrected chi connectivity index (χ2v) is 7.81. The van der Waals surface area contributed by atoms with E-state index in [2.05, 4.69) is 4.74 Å². The summed E-state index contributed by atoms with van der Waals surface area (Å²) in [5.74, 6) is -4.64. The zero-order valence-electron chi connectivity index (χ0n) is 17.2. The van der Waals surface area contributed by atoms with E-state index in [1.54, 1.807) is 0 Å². The third-order valence-electron chi connectivity index (χ3n) is 5.61. The molecule has 2 aromatic rings. The number of halogens is 6. The van der Waals surface area contributed by atoms with Gasteiger partial charge in [-0.1, -0.05) is 24.3 Å². The van der Waals surface area contributed by atoms with E-state index in [0.29, 0.717) is 18.6 Å². The first-order chi connectivity index (χ1) is 15.2. The number of benzene rings is 2. The fourth-order valence-corrected chi connectivity index (χ4v) is 4.01. The monoisotopic (exact) mass is 453 g/mol. The van der Waals surface area contributed by atoms with Crippen molar-refractivity contribution in [2.75, 3.05) is 0 Å². The molecule has 3 rings (SSSR count). The predicted octanol–water partition coefficient (Wildman–Crippen LogP) is 7.10. The number of rotatable bonds is 6. The molecule has 0 spiro atoms. The molecular weight excluding hydrogens is 432 g/mol. The van der Waals surface area contributed by atoms with Crippen LogP contribution in [0.4, 0.5) is 26.3 Å². The molecule has 2 unspecified atom stereocenters. The molecule has 0 amide bonds. The maximum atomic E-state index is 14.7. The Hall–Kier alpha value is -2.95. The van der Waals surface area contributed by atoms with Crippen LogP contribution in [0.25, 0.3) is 0 Å². The highest BCUT2D eigenvalue weighted by atomic mass is 19.3. The maximum Gasteiger partial charge on any atom is 0.426 e. The van der Waals surface area contributed by atoms with Gasteiger partial charge in [0.15, 0.2) is 0 Å². The lowest BCUT2D eigenvalue weighted by molar-refractivity contribution is -0.185. The third-order valence-corrected chi connectivity index (χ3v) is 5.61. The quantitative estimate of drug-likeness (QED) is 0.345. The van der Waals surface area contributed by atoms with Crippen molar-refractivity contribution in [2.45, 2.75) is 50.6 Å². The lowest BCUT2D eigenvalue weighted by Gasteiger charge is -2.34. The van der Waals surface area contributed by atoms with Crippen LogP contribution in [0, 0.1) is 28.9 Å². The zero-order valence-corrected chi connectivity index (χ0v) is 17.2. The van der Waals surface area contributed by atoms with Crippen molar-refractivity contribution in [1.29, 1.82) is 5.26 Å². The Morgan fingerprint density at radius 2 is 1.62 bits per heavy atom. The molecule has 1 aliphatic carbocycles. The van der Waals surface area contributed by atoms with E-state index >= 15 is 0 Å². The van der Waals surface area contributed by atoms with E-state index in [0.717, 1.165) is 12.1 Å². The largest absolute Gasteiger partial charge is 0.429 e. The maximum absolute atomic E-state index is 14.7. The Bertz CT molecular complexity index is 979. The van der Waals surface area contributed by atoms with Crippen LogP contribution in [0.1, 0.15) is 48.8 Å². The van der Waals surface area contributed by atoms with Crippen LogP contribution in [0.15, 0.2) is 48.6 Å². The summed E-state index contributed by atoms with van der Waals surface area (Å²) in [7, 11) is 0. The summed E-state index contributed by atoms with van der Waals surface area (Å²) < 4.78 is 90.1. The van der Waals surface area contributed by atoms with Gasteiger partial charge >= 0.3 is 6.11 Å². The molecule has 170 valence electrons. The number of allylic oxidation sites excluding steroid dienone is 2. The highest BCUT2D eigenvalue weighted by Crippen LogP contribution is 2.42. The van der Waals surface area contributed by atoms with Crippen molar-refractivity contribution in [1.82, 2.24) is 0 Å². The van der Waals surface area contributed by atoms with Crippen molar-refractivity contribution in [3.8, 4) is 11.8 Å². The van der Waals surface area contributed by atoms with E-state index in [-0.39, 0.29) is 24.3 Å². The minimum absolute atomic E-state index is 0.113. The fraction of sp³-hybridized carbons (Fsp3) is 0.375. The van der Waals surface area contributed by atoms with E-state index in [1.165, 1.54) is 18.2 Å². The highest BCUT2D eigenvalue weighted by molar-refractivity contribution is 5.38. The fourth-order valence-electron chi connectivity index (χ4n) is 4.01. The first kappa shape index (κ1) is 23.7. The molecule has 1 aliphatic rings. The number of ether oxygens (including phenoxy) is 1. The number of nitriles is 1. The minimum atomic E-state index is -3.97. The van der Waals surface area contributed by atoms with Gasteiger partial charge in [0.1, 0.15) is 41.4 Å². The second kappa shape index (κ2) is 9.68. The number of hydrogen-bond donors (Lipinski definition) is 0. The van der Waals surface area contributed by atoms with Gasteiger partial charge < -0.3 is 4.74 Å². The van der Waals surface area contributed by atoms with Crippen molar-refractivity contribution in [2.24, 2.45) is 5.92 Å². The van der Waals surface area contributed by atoms with Crippen molar-refractivity contribution in [3.63, 3.8) is 0 Å². The lowest BCUT2D eigenvalue weighted by atomic mass is 9.75. The molecule has 0 radical (unpaired) electrons. The van der Waals surface area contributed by atoms with Gasteiger partial charge in [0.25, 0.3) is 0 Å². The molecule has 32 heavy (non-hydrogen) atoms. The van der Waals surface area contributed by atoms with E-state index in [9.17, 15) is 26.3 Å². The summed E-state index contributed by atoms with van der Waals surface area (Å²) in [5.41, 5.74) is -1.31. The summed E-state index contributed by atoms with van der Waals surface area (Å²) >= 11 is 0. The van der Waals surface area contributed by atoms with E-state index in [1.807, 2.05) is 19.1 Å². The summed E-state index contributed by atoms with van der Waals surface area (Å²) in [6.07, 6.45) is -2.20. The second-order valence-electron chi connectivity index (χ2n) is 7.81. The van der Waals surface area contributed by atoms with Crippen LogP contribution in [0.5, 0.6) is 5.75 Å². The minimum Gasteiger partial charge on any atom is -0.429 e. The Balaban J connectivity index is 1.75. The van der Waals surface area contributed by atoms with Crippen LogP contribution in [-0.4, -0.2) is 12.3 Å². The average Bonchev–Trinajstić information content (AvgIpc) is 2.71. The van der Waals surface area contributed by atoms with E-state index in [4.69, 9.17) is 5.26 Å². The van der Waals surface area contributed by atoms with Gasteiger partial charge in [0, 0.05) is 18.1 Å². The van der Waals surface area contributed by atoms with Gasteiger partial charge in [-0.3, -0.25) is 0 Å². The van der Waals surface area contributed by atoms with Gasteiger partial charge in [-0.2, -0.15) is 14.0 Å². The van der Waals surface area contributed by atoms with Crippen LogP contribution in [0.2, 0.25) is 0 Å². The number of hydrogen-bond acceptors (Lipinski definition) is 2. The van der Waals surface area contributed by atoms with Crippen molar-refractivity contribution < 1.29 is 31.1 Å². The number of alkyl halides is 4. The normalized spacial score (nSPS) is 23.8. The summed E-state index contributed by atoms with van der Waals surface area (Å²) in [6, 6.07) is 6.61. The van der Waals surface area contributed by atoms with Crippen LogP contribution >= 0.6 is 0 Å². The Kier molecular flexibility index (Phi) is 7.17. The first-order valence-corrected chi connectivity index (χ1v) is 10.1. The SMILES string of the molecule is C/C=C\CC1CC(F)C(c2ccc(C(F)(F)Oc3cc(F)c(C#N)c(F)c3)cc2)C(F)C1. The molecule has 8 heteroatoms. The molecule has 0 heterocycles. The summed E-state index contributed by atoms with van der Waals surface area (Å²) in [5, 5.41) is 8.65. The lowest BCUT2D eigenvalue weighted by Crippen LogP contribution is -2.33. The topological polar surface area (TPSA) is 33.0 Å². The number of nitrogens with zero attached hydrogens (tertiary/aromatic N) is 1. The summed E-state index contributed by atoms with van der Waals surface area (Å²) in [6.45, 7) is 1.83. The van der Waals surface area contributed by atoms with Crippen LogP contribution < -0.4 is 4.74 Å². The van der Waals surface area contributed by atoms with Gasteiger partial charge in [-0.05, 0) is 49.8 Å². The van der Waals surface area contributed by atoms with E-state index < -0.39 is 52.9 Å².